The van der Waals surface area contributed by atoms with Gasteiger partial charge in [0.1, 0.15) is 0 Å². The molecule has 0 unspecified atom stereocenters. The van der Waals surface area contributed by atoms with Gasteiger partial charge in [-0.3, -0.25) is 0 Å². The van der Waals surface area contributed by atoms with Gasteiger partial charge in [0, 0.05) is 0 Å². The van der Waals surface area contributed by atoms with Crippen LogP contribution in [0.2, 0.25) is 0 Å². The molecule has 0 nitrogen and oxygen atoms in total. The molecule has 0 fully saturated rings. The van der Waals surface area contributed by atoms with E-state index in [0.29, 0.717) is 0 Å². The monoisotopic (exact) mass is 266 g/mol. The van der Waals surface area contributed by atoms with Gasteiger partial charge in [-0.2, -0.15) is 0 Å². The SMILES string of the molecule is [CH3-].[CH3-].[CH3-].[CH3-].[Rh]=[Rh]. The second-order valence-corrected chi connectivity index (χ2v) is 0. The first-order chi connectivity index (χ1) is 1.00. The van der Waals surface area contributed by atoms with E-state index in [0.717, 1.165) is 0 Å². The first-order valence-corrected chi connectivity index (χ1v) is 3.89. The molecule has 6 heavy (non-hydrogen) atoms. The van der Waals surface area contributed by atoms with Gasteiger partial charge >= 0.3 is 30.4 Å². The van der Waals surface area contributed by atoms with Crippen LogP contribution in [0.1, 0.15) is 0 Å². The zero-order chi connectivity index (χ0) is 2.00. The van der Waals surface area contributed by atoms with Crippen molar-refractivity contribution in [3.05, 3.63) is 29.7 Å². The molecule has 0 heterocycles. The molecule has 0 amide bonds. The van der Waals surface area contributed by atoms with E-state index < -0.39 is 0 Å². The summed E-state index contributed by atoms with van der Waals surface area (Å²) in [5.74, 6) is 0. The van der Waals surface area contributed by atoms with E-state index in [4.69, 9.17) is 0 Å². The molecule has 0 rings (SSSR count). The predicted molar refractivity (Wildman–Crippen MR) is 25.7 cm³/mol. The first kappa shape index (κ1) is 56.0. The van der Waals surface area contributed by atoms with Gasteiger partial charge in [-0.25, -0.2) is 0 Å². The van der Waals surface area contributed by atoms with Crippen molar-refractivity contribution in [2.75, 3.05) is 0 Å². The van der Waals surface area contributed by atoms with Gasteiger partial charge in [0.25, 0.3) is 0 Å². The summed E-state index contributed by atoms with van der Waals surface area (Å²) in [6.07, 6.45) is 0. The van der Waals surface area contributed by atoms with Gasteiger partial charge in [-0.1, -0.05) is 0 Å². The molecule has 0 aromatic heterocycles. The molecule has 0 spiro atoms. The molecule has 0 atom stereocenters. The average Bonchev–Trinajstić information content (AvgIpc) is 1.00. The fourth-order valence-corrected chi connectivity index (χ4v) is 0. The molecule has 0 bridgehead atoms. The topological polar surface area (TPSA) is 0 Å². The Morgan fingerprint density at radius 3 is 0.500 bits per heavy atom. The first-order valence-electron chi connectivity index (χ1n) is 0.111. The molecule has 0 N–H and O–H groups in total. The van der Waals surface area contributed by atoms with Crippen LogP contribution in [-0.4, -0.2) is 0 Å². The Balaban J connectivity index is -0.000000000833. The van der Waals surface area contributed by atoms with Crippen LogP contribution in [0, 0.1) is 29.7 Å². The number of hydrogen-bond donors (Lipinski definition) is 0. The Hall–Kier alpha value is 1.25. The molecule has 0 aliphatic carbocycles. The summed E-state index contributed by atoms with van der Waals surface area (Å²) < 4.78 is 0. The van der Waals surface area contributed by atoms with Crippen LogP contribution in [0.5, 0.6) is 0 Å². The molecule has 50 valence electrons. The molecule has 2 heteroatoms. The van der Waals surface area contributed by atoms with E-state index in [2.05, 4.69) is 30.4 Å². The molecule has 0 aromatic rings. The second-order valence-electron chi connectivity index (χ2n) is 0. The quantitative estimate of drug-likeness (QED) is 0.463. The van der Waals surface area contributed by atoms with Crippen molar-refractivity contribution in [3.63, 3.8) is 0 Å². The Labute approximate surface area is 60.1 Å². The van der Waals surface area contributed by atoms with Crippen molar-refractivity contribution >= 4 is 0 Å². The number of hydrogen-bond acceptors (Lipinski definition) is 0. The van der Waals surface area contributed by atoms with Crippen molar-refractivity contribution < 1.29 is 30.4 Å². The predicted octanol–water partition coefficient (Wildman–Crippen LogP) is 1.80. The normalized spacial score (nSPS) is 1.00. The van der Waals surface area contributed by atoms with E-state index in [1.807, 2.05) is 0 Å². The van der Waals surface area contributed by atoms with Gasteiger partial charge in [0.05, 0.1) is 0 Å². The third-order valence-corrected chi connectivity index (χ3v) is 0. The maximum atomic E-state index is 2.44. The molecule has 0 saturated heterocycles. The minimum absolute atomic E-state index is 0. The summed E-state index contributed by atoms with van der Waals surface area (Å²) in [4.78, 5) is 0. The van der Waals surface area contributed by atoms with Crippen LogP contribution in [0.4, 0.5) is 0 Å². The van der Waals surface area contributed by atoms with Gasteiger partial charge in [0.2, 0.25) is 0 Å². The molecule has 0 aliphatic rings. The molecular formula is C4H12Rh2-4. The van der Waals surface area contributed by atoms with E-state index in [9.17, 15) is 0 Å². The van der Waals surface area contributed by atoms with Gasteiger partial charge < -0.3 is 29.7 Å². The Bertz CT molecular complexity index is 5.51. The summed E-state index contributed by atoms with van der Waals surface area (Å²) in [6, 6.07) is 0. The van der Waals surface area contributed by atoms with Crippen LogP contribution in [0.25, 0.3) is 0 Å². The van der Waals surface area contributed by atoms with E-state index in [1.165, 1.54) is 0 Å². The molecule has 0 aliphatic heterocycles. The summed E-state index contributed by atoms with van der Waals surface area (Å²) in [7, 11) is 0. The van der Waals surface area contributed by atoms with Crippen LogP contribution in [0.3, 0.4) is 0 Å². The zero-order valence-electron chi connectivity index (χ0n) is 4.67. The van der Waals surface area contributed by atoms with Gasteiger partial charge in [0.15, 0.2) is 0 Å². The summed E-state index contributed by atoms with van der Waals surface area (Å²) in [6.45, 7) is 0. The molecule has 0 aromatic carbocycles. The van der Waals surface area contributed by atoms with Gasteiger partial charge in [-0.05, 0) is 0 Å². The van der Waals surface area contributed by atoms with E-state index in [1.54, 1.807) is 0 Å². The maximum absolute atomic E-state index is 2.44. The molecule has 0 saturated carbocycles. The van der Waals surface area contributed by atoms with Crippen LogP contribution < -0.4 is 0 Å². The van der Waals surface area contributed by atoms with Crippen molar-refractivity contribution in [1.82, 2.24) is 0 Å². The van der Waals surface area contributed by atoms with Crippen molar-refractivity contribution in [2.24, 2.45) is 0 Å². The zero-order valence-corrected chi connectivity index (χ0v) is 7.94. The summed E-state index contributed by atoms with van der Waals surface area (Å²) in [5, 5.41) is 0. The van der Waals surface area contributed by atoms with Gasteiger partial charge in [-0.15, -0.1) is 0 Å². The number of rotatable bonds is 0. The molecular weight excluding hydrogens is 254 g/mol. The van der Waals surface area contributed by atoms with E-state index >= 15 is 0 Å². The second kappa shape index (κ2) is 111. The van der Waals surface area contributed by atoms with E-state index in [-0.39, 0.29) is 29.7 Å². The van der Waals surface area contributed by atoms with Crippen LogP contribution in [0.15, 0.2) is 0 Å². The fourth-order valence-electron chi connectivity index (χ4n) is 0. The Morgan fingerprint density at radius 1 is 0.500 bits per heavy atom. The third kappa shape index (κ3) is 60.9. The Kier molecular flexibility index (Phi) is 1030. The standard InChI is InChI=1S/4CH3.2Rh/h4*1H3;;/q4*-1;;. The van der Waals surface area contributed by atoms with Crippen LogP contribution >= 0.6 is 0 Å². The average molecular weight is 266 g/mol. The molecule has 0 radical (unpaired) electrons. The summed E-state index contributed by atoms with van der Waals surface area (Å²) >= 11 is 4.88. The van der Waals surface area contributed by atoms with Crippen LogP contribution in [-0.2, 0) is 30.4 Å². The third-order valence-electron chi connectivity index (χ3n) is 0. The fraction of sp³-hybridized carbons (Fsp3) is 0. The summed E-state index contributed by atoms with van der Waals surface area (Å²) in [5.41, 5.74) is 0. The van der Waals surface area contributed by atoms with Crippen molar-refractivity contribution in [2.45, 2.75) is 0 Å². The Morgan fingerprint density at radius 2 is 0.500 bits per heavy atom. The van der Waals surface area contributed by atoms with Crippen molar-refractivity contribution in [3.8, 4) is 0 Å². The minimum atomic E-state index is 0. The van der Waals surface area contributed by atoms with Crippen molar-refractivity contribution in [1.29, 1.82) is 0 Å².